The van der Waals surface area contributed by atoms with Crippen LogP contribution in [0.5, 0.6) is 5.75 Å². The second-order valence-electron chi connectivity index (χ2n) is 8.08. The molecule has 0 saturated heterocycles. The fraction of sp³-hybridized carbons (Fsp3) is 0.115. The zero-order chi connectivity index (χ0) is 25.2. The first kappa shape index (κ1) is 23.2. The van der Waals surface area contributed by atoms with Gasteiger partial charge in [0.25, 0.3) is 11.8 Å². The van der Waals surface area contributed by atoms with Crippen molar-refractivity contribution in [3.05, 3.63) is 77.8 Å². The molecule has 0 aliphatic carbocycles. The number of fused-ring (bicyclic) bond motifs is 1. The molecule has 0 bridgehead atoms. The molecule has 0 fully saturated rings. The number of benzene rings is 2. The normalized spacial score (nSPS) is 14.6. The van der Waals surface area contributed by atoms with E-state index in [-0.39, 0.29) is 23.7 Å². The summed E-state index contributed by atoms with van der Waals surface area (Å²) in [5.41, 5.74) is 8.59. The van der Waals surface area contributed by atoms with Crippen LogP contribution in [0.4, 0.5) is 11.4 Å². The third-order valence-electron chi connectivity index (χ3n) is 5.62. The zero-order valence-corrected chi connectivity index (χ0v) is 20.0. The minimum atomic E-state index is -0.760. The highest BCUT2D eigenvalue weighted by molar-refractivity contribution is 7.13. The van der Waals surface area contributed by atoms with Gasteiger partial charge in [-0.05, 0) is 49.4 Å². The highest BCUT2D eigenvalue weighted by Gasteiger charge is 2.33. The van der Waals surface area contributed by atoms with Crippen LogP contribution in [0, 0.1) is 0 Å². The van der Waals surface area contributed by atoms with Crippen molar-refractivity contribution in [2.75, 3.05) is 16.8 Å². The third-order valence-corrected chi connectivity index (χ3v) is 6.48. The van der Waals surface area contributed by atoms with Gasteiger partial charge in [-0.2, -0.15) is 0 Å². The molecule has 0 radical (unpaired) electrons. The minimum absolute atomic E-state index is 0.183. The van der Waals surface area contributed by atoms with Gasteiger partial charge in [-0.15, -0.1) is 11.3 Å². The van der Waals surface area contributed by atoms with Crippen molar-refractivity contribution in [1.82, 2.24) is 9.97 Å². The van der Waals surface area contributed by atoms with Gasteiger partial charge in [-0.1, -0.05) is 18.2 Å². The number of carbonyl (C=O) groups excluding carboxylic acids is 3. The number of hydrogen-bond donors (Lipinski definition) is 2. The molecule has 180 valence electrons. The number of carbonyl (C=O) groups is 3. The summed E-state index contributed by atoms with van der Waals surface area (Å²) in [5, 5.41) is 5.37. The van der Waals surface area contributed by atoms with Crippen molar-refractivity contribution in [2.24, 2.45) is 5.73 Å². The standard InChI is InChI=1S/C26H21N5O4S/c1-15-26(34)31(13-23(32)29-18-7-3-2-6-17(18)24(27)33)21-12-16(9-10-22(21)35-15)20-14-36-25(30-20)19-8-4-5-11-28-19/h2-12,14-15H,13H2,1H3,(H2,27,33)(H,29,32). The molecule has 10 heteroatoms. The van der Waals surface area contributed by atoms with Crippen LogP contribution < -0.4 is 20.7 Å². The van der Waals surface area contributed by atoms with E-state index in [1.165, 1.54) is 22.3 Å². The molecule has 1 unspecified atom stereocenters. The fourth-order valence-corrected chi connectivity index (χ4v) is 4.69. The number of pyridine rings is 1. The summed E-state index contributed by atoms with van der Waals surface area (Å²) in [5.74, 6) is -1.01. The number of thiazole rings is 1. The second kappa shape index (κ2) is 9.59. The molecule has 2 aromatic heterocycles. The molecule has 0 saturated carbocycles. The van der Waals surface area contributed by atoms with Gasteiger partial charge in [0.15, 0.2) is 6.10 Å². The molecule has 9 nitrogen and oxygen atoms in total. The lowest BCUT2D eigenvalue weighted by Gasteiger charge is -2.33. The number of nitrogens with two attached hydrogens (primary N) is 1. The van der Waals surface area contributed by atoms with Gasteiger partial charge < -0.3 is 15.8 Å². The Morgan fingerprint density at radius 3 is 2.69 bits per heavy atom. The van der Waals surface area contributed by atoms with E-state index in [9.17, 15) is 14.4 Å². The first-order valence-electron chi connectivity index (χ1n) is 11.1. The first-order valence-corrected chi connectivity index (χ1v) is 12.0. The van der Waals surface area contributed by atoms with E-state index < -0.39 is 17.9 Å². The van der Waals surface area contributed by atoms with Crippen molar-refractivity contribution < 1.29 is 19.1 Å². The molecule has 1 aliphatic heterocycles. The van der Waals surface area contributed by atoms with Crippen molar-refractivity contribution >= 4 is 40.4 Å². The van der Waals surface area contributed by atoms with Gasteiger partial charge in [0.2, 0.25) is 5.91 Å². The quantitative estimate of drug-likeness (QED) is 0.416. The number of anilines is 2. The highest BCUT2D eigenvalue weighted by atomic mass is 32.1. The molecule has 3 N–H and O–H groups in total. The van der Waals surface area contributed by atoms with Gasteiger partial charge in [0.1, 0.15) is 17.3 Å². The monoisotopic (exact) mass is 499 g/mol. The van der Waals surface area contributed by atoms with Crippen molar-refractivity contribution in [2.45, 2.75) is 13.0 Å². The maximum Gasteiger partial charge on any atom is 0.268 e. The largest absolute Gasteiger partial charge is 0.479 e. The number of ether oxygens (including phenoxy) is 1. The Balaban J connectivity index is 1.43. The fourth-order valence-electron chi connectivity index (χ4n) is 3.88. The Morgan fingerprint density at radius 1 is 1.11 bits per heavy atom. The zero-order valence-electron chi connectivity index (χ0n) is 19.2. The first-order chi connectivity index (χ1) is 17.4. The molecular weight excluding hydrogens is 478 g/mol. The van der Waals surface area contributed by atoms with Crippen LogP contribution in [0.3, 0.4) is 0 Å². The molecule has 1 aliphatic rings. The van der Waals surface area contributed by atoms with Crippen molar-refractivity contribution in [1.29, 1.82) is 0 Å². The summed E-state index contributed by atoms with van der Waals surface area (Å²) in [7, 11) is 0. The van der Waals surface area contributed by atoms with Gasteiger partial charge in [-0.3, -0.25) is 24.3 Å². The maximum atomic E-state index is 13.0. The molecule has 5 rings (SSSR count). The molecule has 3 heterocycles. The van der Waals surface area contributed by atoms with Crippen LogP contribution in [-0.4, -0.2) is 40.3 Å². The summed E-state index contributed by atoms with van der Waals surface area (Å²) in [4.78, 5) is 48.0. The Labute approximate surface area is 210 Å². The van der Waals surface area contributed by atoms with E-state index in [1.807, 2.05) is 29.6 Å². The lowest BCUT2D eigenvalue weighted by Crippen LogP contribution is -2.47. The van der Waals surface area contributed by atoms with Crippen LogP contribution in [0.2, 0.25) is 0 Å². The topological polar surface area (TPSA) is 128 Å². The van der Waals surface area contributed by atoms with E-state index >= 15 is 0 Å². The summed E-state index contributed by atoms with van der Waals surface area (Å²) in [6.45, 7) is 1.36. The lowest BCUT2D eigenvalue weighted by atomic mass is 10.1. The van der Waals surface area contributed by atoms with Gasteiger partial charge >= 0.3 is 0 Å². The Morgan fingerprint density at radius 2 is 1.92 bits per heavy atom. The number of rotatable bonds is 6. The number of para-hydroxylation sites is 1. The Bertz CT molecular complexity index is 1470. The second-order valence-corrected chi connectivity index (χ2v) is 8.94. The SMILES string of the molecule is CC1Oc2ccc(-c3csc(-c4ccccn4)n3)cc2N(CC(=O)Nc2ccccc2C(N)=O)C1=O. The van der Waals surface area contributed by atoms with E-state index in [0.717, 1.165) is 16.3 Å². The van der Waals surface area contributed by atoms with Gasteiger partial charge in [0, 0.05) is 17.1 Å². The molecule has 4 aromatic rings. The number of aromatic nitrogens is 2. The molecule has 2 aromatic carbocycles. The van der Waals surface area contributed by atoms with E-state index in [1.54, 1.807) is 43.5 Å². The molecule has 1 atom stereocenters. The molecule has 3 amide bonds. The average molecular weight is 500 g/mol. The van der Waals surface area contributed by atoms with Crippen LogP contribution in [0.15, 0.2) is 72.2 Å². The van der Waals surface area contributed by atoms with Gasteiger partial charge in [0.05, 0.1) is 28.3 Å². The number of nitrogens with zero attached hydrogens (tertiary/aromatic N) is 3. The van der Waals surface area contributed by atoms with E-state index in [2.05, 4.69) is 10.3 Å². The van der Waals surface area contributed by atoms with Crippen LogP contribution in [0.1, 0.15) is 17.3 Å². The van der Waals surface area contributed by atoms with Crippen molar-refractivity contribution in [3.8, 4) is 27.7 Å². The number of amides is 3. The minimum Gasteiger partial charge on any atom is -0.479 e. The highest BCUT2D eigenvalue weighted by Crippen LogP contribution is 2.38. The van der Waals surface area contributed by atoms with Crippen LogP contribution >= 0.6 is 11.3 Å². The molecule has 36 heavy (non-hydrogen) atoms. The maximum absolute atomic E-state index is 13.0. The average Bonchev–Trinajstić information content (AvgIpc) is 3.38. The Kier molecular flexibility index (Phi) is 6.17. The number of nitrogens with one attached hydrogen (secondary N) is 1. The third kappa shape index (κ3) is 4.53. The van der Waals surface area contributed by atoms with Gasteiger partial charge in [-0.25, -0.2) is 4.98 Å². The summed E-state index contributed by atoms with van der Waals surface area (Å²) in [6, 6.07) is 17.5. The molecular formula is C26H21N5O4S. The summed E-state index contributed by atoms with van der Waals surface area (Å²) < 4.78 is 5.78. The van der Waals surface area contributed by atoms with E-state index in [0.29, 0.717) is 17.1 Å². The number of hydrogen-bond acceptors (Lipinski definition) is 7. The predicted octanol–water partition coefficient (Wildman–Crippen LogP) is 3.72. The smallest absolute Gasteiger partial charge is 0.268 e. The van der Waals surface area contributed by atoms with Crippen molar-refractivity contribution in [3.63, 3.8) is 0 Å². The van der Waals surface area contributed by atoms with E-state index in [4.69, 9.17) is 15.5 Å². The summed E-state index contributed by atoms with van der Waals surface area (Å²) in [6.07, 6.45) is 0.952. The lowest BCUT2D eigenvalue weighted by molar-refractivity contribution is -0.127. The van der Waals surface area contributed by atoms with Crippen LogP contribution in [0.25, 0.3) is 22.0 Å². The van der Waals surface area contributed by atoms with Crippen LogP contribution in [-0.2, 0) is 9.59 Å². The number of primary amides is 1. The molecule has 0 spiro atoms. The Hall–Kier alpha value is -4.57. The summed E-state index contributed by atoms with van der Waals surface area (Å²) >= 11 is 1.46. The predicted molar refractivity (Wildman–Crippen MR) is 137 cm³/mol.